The first-order chi connectivity index (χ1) is 9.93. The van der Waals surface area contributed by atoms with Gasteiger partial charge < -0.3 is 0 Å². The predicted octanol–water partition coefficient (Wildman–Crippen LogP) is 7.66. The fourth-order valence-electron chi connectivity index (χ4n) is 3.75. The molecule has 20 heavy (non-hydrogen) atoms. The standard InChI is InChI=1S/C20H40/c1-2-3-4-5-6-8-11-14-17-20-18-15-12-9-7-10-13-16-19-20/h20H,2-19H2,1H3. The molecule has 0 aromatic carbocycles. The number of hydrogen-bond donors (Lipinski definition) is 0. The number of rotatable bonds is 9. The molecule has 0 amide bonds. The molecule has 0 heterocycles. The summed E-state index contributed by atoms with van der Waals surface area (Å²) >= 11 is 0. The van der Waals surface area contributed by atoms with Crippen LogP contribution in [0.4, 0.5) is 0 Å². The summed E-state index contributed by atoms with van der Waals surface area (Å²) in [6.07, 6.45) is 27.0. The third-order valence-corrected chi connectivity index (χ3v) is 5.19. The van der Waals surface area contributed by atoms with Gasteiger partial charge in [0.15, 0.2) is 0 Å². The van der Waals surface area contributed by atoms with Crippen molar-refractivity contribution < 1.29 is 0 Å². The van der Waals surface area contributed by atoms with E-state index >= 15 is 0 Å². The molecule has 0 spiro atoms. The quantitative estimate of drug-likeness (QED) is 0.380. The zero-order chi connectivity index (χ0) is 14.3. The van der Waals surface area contributed by atoms with Crippen molar-refractivity contribution in [1.29, 1.82) is 0 Å². The second-order valence-electron chi connectivity index (χ2n) is 7.18. The van der Waals surface area contributed by atoms with Crippen LogP contribution in [0.15, 0.2) is 0 Å². The molecule has 1 fully saturated rings. The van der Waals surface area contributed by atoms with Gasteiger partial charge in [-0.25, -0.2) is 0 Å². The molecular formula is C20H40. The summed E-state index contributed by atoms with van der Waals surface area (Å²) in [6.45, 7) is 2.30. The van der Waals surface area contributed by atoms with Crippen LogP contribution in [0.3, 0.4) is 0 Å². The highest BCUT2D eigenvalue weighted by Crippen LogP contribution is 2.26. The van der Waals surface area contributed by atoms with E-state index < -0.39 is 0 Å². The Morgan fingerprint density at radius 2 is 1.00 bits per heavy atom. The summed E-state index contributed by atoms with van der Waals surface area (Å²) in [5.41, 5.74) is 0. The smallest absolute Gasteiger partial charge is 0.0414 e. The Balaban J connectivity index is 1.95. The van der Waals surface area contributed by atoms with Crippen LogP contribution >= 0.6 is 0 Å². The first-order valence-corrected chi connectivity index (χ1v) is 9.93. The molecule has 0 bridgehead atoms. The SMILES string of the molecule is CCCCCCCCCCC1CCCCCCCCC1. The fourth-order valence-corrected chi connectivity index (χ4v) is 3.75. The highest BCUT2D eigenvalue weighted by molar-refractivity contribution is 4.63. The maximum absolute atomic E-state index is 2.30. The van der Waals surface area contributed by atoms with Crippen molar-refractivity contribution in [3.63, 3.8) is 0 Å². The molecule has 1 saturated carbocycles. The van der Waals surface area contributed by atoms with Gasteiger partial charge in [0.1, 0.15) is 0 Å². The van der Waals surface area contributed by atoms with Crippen LogP contribution in [0.1, 0.15) is 122 Å². The van der Waals surface area contributed by atoms with Gasteiger partial charge in [-0.1, -0.05) is 122 Å². The molecule has 0 nitrogen and oxygen atoms in total. The molecule has 1 aliphatic rings. The summed E-state index contributed by atoms with van der Waals surface area (Å²) in [5.74, 6) is 1.08. The Kier molecular flexibility index (Phi) is 12.6. The molecule has 0 saturated heterocycles. The van der Waals surface area contributed by atoms with Crippen molar-refractivity contribution in [3.8, 4) is 0 Å². The average molecular weight is 281 g/mol. The molecule has 120 valence electrons. The predicted molar refractivity (Wildman–Crippen MR) is 92.3 cm³/mol. The highest BCUT2D eigenvalue weighted by atomic mass is 14.2. The van der Waals surface area contributed by atoms with Gasteiger partial charge in [-0.05, 0) is 5.92 Å². The maximum atomic E-state index is 2.30. The summed E-state index contributed by atoms with van der Waals surface area (Å²) < 4.78 is 0. The Morgan fingerprint density at radius 1 is 0.550 bits per heavy atom. The highest BCUT2D eigenvalue weighted by Gasteiger charge is 2.09. The van der Waals surface area contributed by atoms with E-state index in [0.717, 1.165) is 5.92 Å². The van der Waals surface area contributed by atoms with Crippen LogP contribution < -0.4 is 0 Å². The Hall–Kier alpha value is 0. The molecule has 0 heteroatoms. The van der Waals surface area contributed by atoms with Gasteiger partial charge in [-0.3, -0.25) is 0 Å². The molecule has 0 aromatic rings. The molecule has 0 aliphatic heterocycles. The van der Waals surface area contributed by atoms with Gasteiger partial charge >= 0.3 is 0 Å². The molecule has 0 atom stereocenters. The molecule has 0 N–H and O–H groups in total. The lowest BCUT2D eigenvalue weighted by atomic mass is 9.88. The van der Waals surface area contributed by atoms with E-state index in [0.29, 0.717) is 0 Å². The Bertz CT molecular complexity index is 174. The topological polar surface area (TPSA) is 0 Å². The minimum Gasteiger partial charge on any atom is -0.0654 e. The van der Waals surface area contributed by atoms with Gasteiger partial charge in [-0.15, -0.1) is 0 Å². The monoisotopic (exact) mass is 280 g/mol. The molecule has 0 radical (unpaired) electrons. The van der Waals surface area contributed by atoms with Crippen LogP contribution in [0.25, 0.3) is 0 Å². The number of hydrogen-bond acceptors (Lipinski definition) is 0. The van der Waals surface area contributed by atoms with Gasteiger partial charge in [0.05, 0.1) is 0 Å². The molecule has 1 rings (SSSR count). The fraction of sp³-hybridized carbons (Fsp3) is 1.00. The van der Waals surface area contributed by atoms with E-state index in [4.69, 9.17) is 0 Å². The lowest BCUT2D eigenvalue weighted by molar-refractivity contribution is 0.356. The van der Waals surface area contributed by atoms with Crippen LogP contribution in [0, 0.1) is 5.92 Å². The lowest BCUT2D eigenvalue weighted by Gasteiger charge is -2.18. The maximum Gasteiger partial charge on any atom is -0.0414 e. The second-order valence-corrected chi connectivity index (χ2v) is 7.18. The van der Waals surface area contributed by atoms with Crippen LogP contribution in [-0.4, -0.2) is 0 Å². The minimum absolute atomic E-state index is 1.08. The van der Waals surface area contributed by atoms with Crippen molar-refractivity contribution in [1.82, 2.24) is 0 Å². The van der Waals surface area contributed by atoms with Crippen LogP contribution in [-0.2, 0) is 0 Å². The lowest BCUT2D eigenvalue weighted by Crippen LogP contribution is -2.02. The van der Waals surface area contributed by atoms with E-state index in [9.17, 15) is 0 Å². The first kappa shape index (κ1) is 18.1. The second kappa shape index (κ2) is 14.0. The largest absolute Gasteiger partial charge is 0.0654 e. The summed E-state index contributed by atoms with van der Waals surface area (Å²) in [5, 5.41) is 0. The van der Waals surface area contributed by atoms with Gasteiger partial charge in [-0.2, -0.15) is 0 Å². The van der Waals surface area contributed by atoms with E-state index in [1.54, 1.807) is 0 Å². The van der Waals surface area contributed by atoms with Crippen molar-refractivity contribution in [2.24, 2.45) is 5.92 Å². The van der Waals surface area contributed by atoms with Crippen molar-refractivity contribution in [3.05, 3.63) is 0 Å². The van der Waals surface area contributed by atoms with E-state index in [2.05, 4.69) is 6.92 Å². The van der Waals surface area contributed by atoms with E-state index in [1.165, 1.54) is 116 Å². The summed E-state index contributed by atoms with van der Waals surface area (Å²) in [6, 6.07) is 0. The van der Waals surface area contributed by atoms with Crippen molar-refractivity contribution in [2.45, 2.75) is 122 Å². The average Bonchev–Trinajstić information content (AvgIpc) is 2.48. The van der Waals surface area contributed by atoms with Crippen LogP contribution in [0.5, 0.6) is 0 Å². The van der Waals surface area contributed by atoms with Crippen LogP contribution in [0.2, 0.25) is 0 Å². The minimum atomic E-state index is 1.08. The summed E-state index contributed by atoms with van der Waals surface area (Å²) in [7, 11) is 0. The Morgan fingerprint density at radius 3 is 1.55 bits per heavy atom. The van der Waals surface area contributed by atoms with Crippen molar-refractivity contribution in [2.75, 3.05) is 0 Å². The molecule has 0 unspecified atom stereocenters. The third kappa shape index (κ3) is 10.7. The van der Waals surface area contributed by atoms with E-state index in [1.807, 2.05) is 0 Å². The van der Waals surface area contributed by atoms with Gasteiger partial charge in [0.2, 0.25) is 0 Å². The Labute approximate surface area is 129 Å². The van der Waals surface area contributed by atoms with Crippen molar-refractivity contribution >= 4 is 0 Å². The van der Waals surface area contributed by atoms with E-state index in [-0.39, 0.29) is 0 Å². The van der Waals surface area contributed by atoms with Gasteiger partial charge in [0, 0.05) is 0 Å². The third-order valence-electron chi connectivity index (χ3n) is 5.19. The molecule has 0 aromatic heterocycles. The number of unbranched alkanes of at least 4 members (excludes halogenated alkanes) is 7. The summed E-state index contributed by atoms with van der Waals surface area (Å²) in [4.78, 5) is 0. The zero-order valence-electron chi connectivity index (χ0n) is 14.3. The zero-order valence-corrected chi connectivity index (χ0v) is 14.3. The first-order valence-electron chi connectivity index (χ1n) is 9.93. The molecule has 1 aliphatic carbocycles. The normalized spacial score (nSPS) is 19.1. The molecular weight excluding hydrogens is 240 g/mol. The van der Waals surface area contributed by atoms with Gasteiger partial charge in [0.25, 0.3) is 0 Å².